The molecule has 0 amide bonds. The van der Waals surface area contributed by atoms with Crippen molar-refractivity contribution in [1.29, 1.82) is 0 Å². The number of rotatable bonds is 2. The van der Waals surface area contributed by atoms with Crippen molar-refractivity contribution in [3.8, 4) is 0 Å². The van der Waals surface area contributed by atoms with Crippen LogP contribution in [0.1, 0.15) is 5.01 Å². The summed E-state index contributed by atoms with van der Waals surface area (Å²) >= 11 is 1.68. The van der Waals surface area contributed by atoms with E-state index in [0.29, 0.717) is 0 Å². The van der Waals surface area contributed by atoms with Crippen LogP contribution in [0.15, 0.2) is 30.7 Å². The highest BCUT2D eigenvalue weighted by molar-refractivity contribution is 7.18. The topological polar surface area (TPSA) is 68.5 Å². The first-order chi connectivity index (χ1) is 10.2. The molecule has 0 spiro atoms. The van der Waals surface area contributed by atoms with E-state index in [1.54, 1.807) is 28.5 Å². The van der Waals surface area contributed by atoms with Crippen LogP contribution in [0.5, 0.6) is 0 Å². The van der Waals surface area contributed by atoms with Gasteiger partial charge in [-0.15, -0.1) is 11.3 Å². The van der Waals surface area contributed by atoms with Crippen molar-refractivity contribution < 1.29 is 0 Å². The van der Waals surface area contributed by atoms with Gasteiger partial charge in [0.1, 0.15) is 12.1 Å². The number of aryl methyl sites for hydroxylation is 2. The minimum atomic E-state index is 0.758. The first-order valence-electron chi connectivity index (χ1n) is 6.47. The van der Waals surface area contributed by atoms with E-state index in [1.165, 1.54) is 0 Å². The Labute approximate surface area is 124 Å². The molecule has 21 heavy (non-hydrogen) atoms. The van der Waals surface area contributed by atoms with Crippen LogP contribution < -0.4 is 5.32 Å². The Morgan fingerprint density at radius 1 is 1.24 bits per heavy atom. The molecule has 0 aliphatic heterocycles. The molecule has 0 bridgehead atoms. The second-order valence-corrected chi connectivity index (χ2v) is 6.00. The summed E-state index contributed by atoms with van der Waals surface area (Å²) < 4.78 is 2.90. The molecule has 6 nitrogen and oxygen atoms in total. The fourth-order valence-corrected chi connectivity index (χ4v) is 3.18. The van der Waals surface area contributed by atoms with Gasteiger partial charge in [-0.1, -0.05) is 0 Å². The third kappa shape index (κ3) is 2.02. The Hall–Kier alpha value is -2.54. The number of thiazole rings is 1. The molecule has 0 aliphatic carbocycles. The van der Waals surface area contributed by atoms with Gasteiger partial charge in [0.05, 0.1) is 26.8 Å². The number of nitrogens with one attached hydrogen (secondary N) is 1. The van der Waals surface area contributed by atoms with E-state index < -0.39 is 0 Å². The van der Waals surface area contributed by atoms with Gasteiger partial charge in [0.15, 0.2) is 5.65 Å². The van der Waals surface area contributed by atoms with Gasteiger partial charge in [-0.3, -0.25) is 4.68 Å². The fourth-order valence-electron chi connectivity index (χ4n) is 2.32. The predicted molar refractivity (Wildman–Crippen MR) is 83.9 cm³/mol. The molecular formula is C14H12N6S. The summed E-state index contributed by atoms with van der Waals surface area (Å²) in [5, 5.41) is 9.53. The molecule has 4 aromatic rings. The summed E-state index contributed by atoms with van der Waals surface area (Å²) in [5.41, 5.74) is 2.81. The van der Waals surface area contributed by atoms with Crippen LogP contribution >= 0.6 is 11.3 Å². The lowest BCUT2D eigenvalue weighted by atomic mass is 10.3. The van der Waals surface area contributed by atoms with Crippen LogP contribution in [0.25, 0.3) is 21.3 Å². The normalized spacial score (nSPS) is 11.3. The molecule has 0 atom stereocenters. The number of hydrogen-bond donors (Lipinski definition) is 1. The van der Waals surface area contributed by atoms with Gasteiger partial charge in [-0.05, 0) is 25.1 Å². The number of benzene rings is 1. The van der Waals surface area contributed by atoms with Crippen molar-refractivity contribution in [3.05, 3.63) is 35.7 Å². The maximum atomic E-state index is 4.47. The number of nitrogens with zero attached hydrogens (tertiary/aromatic N) is 5. The molecule has 4 rings (SSSR count). The van der Waals surface area contributed by atoms with E-state index in [-0.39, 0.29) is 0 Å². The van der Waals surface area contributed by atoms with Gasteiger partial charge in [-0.25, -0.2) is 15.0 Å². The SMILES string of the molecule is Cc1nc2ccc(Nc3ncnc4c3cnn4C)cc2s1. The highest BCUT2D eigenvalue weighted by Gasteiger charge is 2.08. The summed E-state index contributed by atoms with van der Waals surface area (Å²) in [4.78, 5) is 13.0. The number of fused-ring (bicyclic) bond motifs is 2. The lowest BCUT2D eigenvalue weighted by molar-refractivity contribution is 0.785. The van der Waals surface area contributed by atoms with Crippen LogP contribution in [-0.2, 0) is 7.05 Å². The van der Waals surface area contributed by atoms with Crippen molar-refractivity contribution in [3.63, 3.8) is 0 Å². The zero-order chi connectivity index (χ0) is 14.4. The van der Waals surface area contributed by atoms with Crippen molar-refractivity contribution >= 4 is 44.1 Å². The van der Waals surface area contributed by atoms with E-state index in [9.17, 15) is 0 Å². The van der Waals surface area contributed by atoms with Crippen molar-refractivity contribution in [2.24, 2.45) is 7.05 Å². The molecule has 0 unspecified atom stereocenters. The lowest BCUT2D eigenvalue weighted by Crippen LogP contribution is -1.97. The van der Waals surface area contributed by atoms with Crippen LogP contribution in [0, 0.1) is 6.92 Å². The second kappa shape index (κ2) is 4.49. The Bertz CT molecular complexity index is 955. The molecule has 3 heterocycles. The average molecular weight is 296 g/mol. The minimum absolute atomic E-state index is 0.758. The van der Waals surface area contributed by atoms with Crippen LogP contribution in [0.2, 0.25) is 0 Å². The Morgan fingerprint density at radius 3 is 3.05 bits per heavy atom. The molecule has 0 fully saturated rings. The van der Waals surface area contributed by atoms with Gasteiger partial charge >= 0.3 is 0 Å². The van der Waals surface area contributed by atoms with E-state index in [4.69, 9.17) is 0 Å². The van der Waals surface area contributed by atoms with Crippen LogP contribution in [-0.4, -0.2) is 24.7 Å². The van der Waals surface area contributed by atoms with E-state index in [0.717, 1.165) is 37.8 Å². The van der Waals surface area contributed by atoms with E-state index >= 15 is 0 Å². The third-order valence-electron chi connectivity index (χ3n) is 3.29. The van der Waals surface area contributed by atoms with Gasteiger partial charge in [-0.2, -0.15) is 5.10 Å². The predicted octanol–water partition coefficient (Wildman–Crippen LogP) is 3.03. The fraction of sp³-hybridized carbons (Fsp3) is 0.143. The van der Waals surface area contributed by atoms with Crippen molar-refractivity contribution in [2.45, 2.75) is 6.92 Å². The van der Waals surface area contributed by atoms with E-state index in [2.05, 4.69) is 31.4 Å². The Balaban J connectivity index is 1.78. The zero-order valence-corrected chi connectivity index (χ0v) is 12.3. The molecular weight excluding hydrogens is 284 g/mol. The lowest BCUT2D eigenvalue weighted by Gasteiger charge is -2.06. The number of hydrogen-bond acceptors (Lipinski definition) is 6. The zero-order valence-electron chi connectivity index (χ0n) is 11.5. The largest absolute Gasteiger partial charge is 0.339 e. The maximum absolute atomic E-state index is 4.47. The number of anilines is 2. The van der Waals surface area contributed by atoms with Crippen LogP contribution in [0.3, 0.4) is 0 Å². The van der Waals surface area contributed by atoms with Gasteiger partial charge in [0.25, 0.3) is 0 Å². The van der Waals surface area contributed by atoms with E-state index in [1.807, 2.05) is 26.1 Å². The Morgan fingerprint density at radius 2 is 2.14 bits per heavy atom. The number of aromatic nitrogens is 5. The average Bonchev–Trinajstić information content (AvgIpc) is 3.02. The first-order valence-corrected chi connectivity index (χ1v) is 7.29. The summed E-state index contributed by atoms with van der Waals surface area (Å²) in [6, 6.07) is 6.11. The summed E-state index contributed by atoms with van der Waals surface area (Å²) in [7, 11) is 1.87. The molecule has 0 aliphatic rings. The first kappa shape index (κ1) is 12.2. The monoisotopic (exact) mass is 296 g/mol. The second-order valence-electron chi connectivity index (χ2n) is 4.77. The summed E-state index contributed by atoms with van der Waals surface area (Å²) in [6.45, 7) is 2.02. The molecule has 0 saturated carbocycles. The Kier molecular flexibility index (Phi) is 2.61. The van der Waals surface area contributed by atoms with Crippen molar-refractivity contribution in [2.75, 3.05) is 5.32 Å². The standard InChI is InChI=1S/C14H12N6S/c1-8-18-11-4-3-9(5-12(11)21-8)19-13-10-6-17-20(2)14(10)16-7-15-13/h3-7H,1-2H3,(H,15,16,19). The third-order valence-corrected chi connectivity index (χ3v) is 4.22. The smallest absolute Gasteiger partial charge is 0.163 e. The van der Waals surface area contributed by atoms with Gasteiger partial charge < -0.3 is 5.32 Å². The highest BCUT2D eigenvalue weighted by atomic mass is 32.1. The molecule has 0 saturated heterocycles. The summed E-state index contributed by atoms with van der Waals surface area (Å²) in [6.07, 6.45) is 3.31. The van der Waals surface area contributed by atoms with Gasteiger partial charge in [0, 0.05) is 12.7 Å². The summed E-state index contributed by atoms with van der Waals surface area (Å²) in [5.74, 6) is 0.758. The molecule has 0 radical (unpaired) electrons. The molecule has 3 aromatic heterocycles. The molecule has 7 heteroatoms. The minimum Gasteiger partial charge on any atom is -0.339 e. The van der Waals surface area contributed by atoms with Crippen LogP contribution in [0.4, 0.5) is 11.5 Å². The van der Waals surface area contributed by atoms with Crippen molar-refractivity contribution in [1.82, 2.24) is 24.7 Å². The maximum Gasteiger partial charge on any atom is 0.163 e. The van der Waals surface area contributed by atoms with Gasteiger partial charge in [0.2, 0.25) is 0 Å². The quantitative estimate of drug-likeness (QED) is 0.616. The molecule has 1 N–H and O–H groups in total. The molecule has 104 valence electrons. The highest BCUT2D eigenvalue weighted by Crippen LogP contribution is 2.27. The molecule has 1 aromatic carbocycles.